The van der Waals surface area contributed by atoms with Crippen molar-refractivity contribution in [2.75, 3.05) is 19.8 Å². The highest BCUT2D eigenvalue weighted by Crippen LogP contribution is 2.43. The van der Waals surface area contributed by atoms with E-state index in [1.165, 1.54) is 0 Å². The number of hydrogen-bond acceptors (Lipinski definition) is 12. The molecule has 0 radical (unpaired) electrons. The molecule has 61 heavy (non-hydrogen) atoms. The largest absolute Gasteiger partial charge is 0.480 e. The lowest BCUT2D eigenvalue weighted by Crippen LogP contribution is -2.34. The highest BCUT2D eigenvalue weighted by molar-refractivity contribution is 7.47. The number of aliphatic hydroxyl groups is 3. The third kappa shape index (κ3) is 29.5. The molecular weight excluding hydrogens is 805 g/mol. The average molecular weight is 880 g/mol. The lowest BCUT2D eigenvalue weighted by molar-refractivity contribution is -0.160. The van der Waals surface area contributed by atoms with E-state index in [0.717, 1.165) is 70.6 Å². The number of aliphatic hydroxyl groups excluding tert-OH is 3. The van der Waals surface area contributed by atoms with Crippen LogP contribution in [-0.4, -0.2) is 93.5 Å². The van der Waals surface area contributed by atoms with Crippen molar-refractivity contribution in [3.63, 3.8) is 0 Å². The fraction of sp³-hybridized carbons (Fsp3) is 0.630. The van der Waals surface area contributed by atoms with Crippen molar-refractivity contribution in [3.8, 4) is 0 Å². The average Bonchev–Trinajstić information content (AvgIpc) is 3.49. The van der Waals surface area contributed by atoms with Gasteiger partial charge in [-0.3, -0.25) is 23.4 Å². The molecule has 0 aromatic heterocycles. The van der Waals surface area contributed by atoms with Crippen LogP contribution in [0.15, 0.2) is 85.1 Å². The van der Waals surface area contributed by atoms with Crippen molar-refractivity contribution in [2.45, 2.75) is 153 Å². The summed E-state index contributed by atoms with van der Waals surface area (Å²) in [7, 11) is -4.81. The van der Waals surface area contributed by atoms with Gasteiger partial charge in [-0.05, 0) is 70.1 Å². The van der Waals surface area contributed by atoms with Gasteiger partial charge in [0.05, 0.1) is 37.9 Å². The van der Waals surface area contributed by atoms with Crippen LogP contribution in [0, 0.1) is 11.8 Å². The SMILES string of the molecule is CC/C=C\C/C=C\C/C=C\C/C=C\C/C=C\CCCCCC(=O)O[C@H](COC(=O)C/C=C\C[C@H]1[C@@H](/C=C/[C@H](O)CCCCC)[C@H](O)C[C@@H]1O)COP(=O)(O)OC[C@H](N)C(=O)O. The fourth-order valence-electron chi connectivity index (χ4n) is 6.24. The van der Waals surface area contributed by atoms with Gasteiger partial charge in [-0.2, -0.15) is 0 Å². The smallest absolute Gasteiger partial charge is 0.472 e. The number of hydrogen-bond donors (Lipinski definition) is 6. The van der Waals surface area contributed by atoms with E-state index in [4.69, 9.17) is 24.8 Å². The van der Waals surface area contributed by atoms with Crippen LogP contribution in [0.4, 0.5) is 0 Å². The zero-order chi connectivity index (χ0) is 45.1. The number of unbranched alkanes of at least 4 members (excludes halogenated alkanes) is 5. The number of carboxylic acids is 1. The molecule has 0 saturated heterocycles. The van der Waals surface area contributed by atoms with Gasteiger partial charge in [0.1, 0.15) is 12.6 Å². The van der Waals surface area contributed by atoms with Crippen LogP contribution in [0.1, 0.15) is 123 Å². The van der Waals surface area contributed by atoms with Crippen molar-refractivity contribution in [2.24, 2.45) is 17.6 Å². The van der Waals surface area contributed by atoms with Crippen molar-refractivity contribution in [1.82, 2.24) is 0 Å². The molecule has 14 nitrogen and oxygen atoms in total. The fourth-order valence-corrected chi connectivity index (χ4v) is 7.02. The standard InChI is InChI=1S/C46H74NO13P/c1-3-5-7-8-9-10-11-12-13-14-15-16-17-18-19-20-21-22-24-30-45(52)60-38(35-58-61(55,56)59-36-41(47)46(53)54)34-57-44(51)29-26-25-28-39-40(43(50)33-42(39)49)32-31-37(48)27-23-6-4-2/h5,7,9-10,12-13,15-16,18-19,25-26,31-32,37-43,48-50H,3-4,6,8,11,14,17,20-24,27-30,33-36,47H2,1-2H3,(H,53,54)(H,55,56)/b7-5-,10-9-,13-12-,16-15-,19-18-,26-25-,32-31+/t37-,38-,39+,40-,41+,42+,43-/m1/s1. The highest BCUT2D eigenvalue weighted by atomic mass is 31.2. The lowest BCUT2D eigenvalue weighted by Gasteiger charge is -2.20. The normalized spacial score (nSPS) is 21.2. The van der Waals surface area contributed by atoms with Gasteiger partial charge in [0.2, 0.25) is 0 Å². The molecule has 15 heteroatoms. The van der Waals surface area contributed by atoms with Gasteiger partial charge in [-0.15, -0.1) is 0 Å². The Bertz CT molecular complexity index is 1470. The van der Waals surface area contributed by atoms with Crippen molar-refractivity contribution >= 4 is 25.7 Å². The first-order valence-corrected chi connectivity index (χ1v) is 23.4. The molecular formula is C46H74NO13P. The maximum Gasteiger partial charge on any atom is 0.472 e. The molecule has 7 N–H and O–H groups in total. The second kappa shape index (κ2) is 35.1. The van der Waals surface area contributed by atoms with Crippen molar-refractivity contribution in [3.05, 3.63) is 85.1 Å². The molecule has 1 unspecified atom stereocenters. The molecule has 1 saturated carbocycles. The van der Waals surface area contributed by atoms with Gasteiger partial charge in [0, 0.05) is 18.8 Å². The summed E-state index contributed by atoms with van der Waals surface area (Å²) in [5.74, 6) is -3.45. The molecule has 0 aromatic carbocycles. The molecule has 1 rings (SSSR count). The van der Waals surface area contributed by atoms with Crippen LogP contribution in [-0.2, 0) is 37.5 Å². The Morgan fingerprint density at radius 2 is 1.38 bits per heavy atom. The monoisotopic (exact) mass is 879 g/mol. The minimum absolute atomic E-state index is 0.0509. The molecule has 0 heterocycles. The van der Waals surface area contributed by atoms with E-state index in [9.17, 15) is 39.2 Å². The summed E-state index contributed by atoms with van der Waals surface area (Å²) in [5, 5.41) is 40.2. The Hall–Kier alpha value is -3.46. The van der Waals surface area contributed by atoms with Gasteiger partial charge < -0.3 is 40.5 Å². The van der Waals surface area contributed by atoms with Crippen molar-refractivity contribution < 1.29 is 62.8 Å². The van der Waals surface area contributed by atoms with Crippen LogP contribution < -0.4 is 5.73 Å². The van der Waals surface area contributed by atoms with Crippen LogP contribution in [0.5, 0.6) is 0 Å². The summed E-state index contributed by atoms with van der Waals surface area (Å²) < 4.78 is 32.6. The highest BCUT2D eigenvalue weighted by Gasteiger charge is 2.39. The Balaban J connectivity index is 2.57. The number of ether oxygens (including phenoxy) is 2. The molecule has 0 spiro atoms. The Kier molecular flexibility index (Phi) is 31.9. The number of rotatable bonds is 35. The predicted octanol–water partition coefficient (Wildman–Crippen LogP) is 7.88. The molecule has 0 aromatic rings. The summed E-state index contributed by atoms with van der Waals surface area (Å²) in [6.07, 6.45) is 36.4. The van der Waals surface area contributed by atoms with E-state index in [-0.39, 0.29) is 31.1 Å². The topological polar surface area (TPSA) is 232 Å². The Morgan fingerprint density at radius 3 is 2.00 bits per heavy atom. The number of carboxylic acid groups (broad SMARTS) is 1. The molecule has 0 amide bonds. The van der Waals surface area contributed by atoms with Crippen LogP contribution in [0.3, 0.4) is 0 Å². The summed E-state index contributed by atoms with van der Waals surface area (Å²) in [6, 6.07) is -1.58. The predicted molar refractivity (Wildman–Crippen MR) is 237 cm³/mol. The summed E-state index contributed by atoms with van der Waals surface area (Å²) in [4.78, 5) is 46.2. The number of phosphoric acid groups is 1. The lowest BCUT2D eigenvalue weighted by atomic mass is 9.89. The quantitative estimate of drug-likeness (QED) is 0.0154. The van der Waals surface area contributed by atoms with Crippen LogP contribution in [0.2, 0.25) is 0 Å². The van der Waals surface area contributed by atoms with Gasteiger partial charge in [-0.25, -0.2) is 4.57 Å². The molecule has 1 aliphatic rings. The Morgan fingerprint density at radius 1 is 0.754 bits per heavy atom. The third-order valence-corrected chi connectivity index (χ3v) is 10.7. The zero-order valence-electron chi connectivity index (χ0n) is 36.3. The molecule has 346 valence electrons. The maximum atomic E-state index is 12.7. The number of nitrogens with two attached hydrogens (primary N) is 1. The number of esters is 2. The van der Waals surface area contributed by atoms with Crippen molar-refractivity contribution in [1.29, 1.82) is 0 Å². The number of carbonyl (C=O) groups excluding carboxylic acids is 2. The van der Waals surface area contributed by atoms with E-state index in [2.05, 4.69) is 79.1 Å². The molecule has 0 aliphatic heterocycles. The van der Waals surface area contributed by atoms with Gasteiger partial charge in [0.25, 0.3) is 0 Å². The van der Waals surface area contributed by atoms with Gasteiger partial charge in [-0.1, -0.05) is 125 Å². The van der Waals surface area contributed by atoms with E-state index in [1.807, 2.05) is 0 Å². The molecule has 0 bridgehead atoms. The van der Waals surface area contributed by atoms with Gasteiger partial charge >= 0.3 is 25.7 Å². The van der Waals surface area contributed by atoms with Crippen LogP contribution in [0.25, 0.3) is 0 Å². The minimum atomic E-state index is -4.81. The van der Waals surface area contributed by atoms with Crippen LogP contribution >= 0.6 is 7.82 Å². The third-order valence-electron chi connectivity index (χ3n) is 9.73. The van der Waals surface area contributed by atoms with E-state index in [1.54, 1.807) is 24.3 Å². The van der Waals surface area contributed by atoms with E-state index in [0.29, 0.717) is 19.3 Å². The first-order valence-electron chi connectivity index (χ1n) is 21.9. The number of allylic oxidation sites excluding steroid dienone is 11. The minimum Gasteiger partial charge on any atom is -0.480 e. The summed E-state index contributed by atoms with van der Waals surface area (Å²) in [5.41, 5.74) is 5.32. The van der Waals surface area contributed by atoms with E-state index >= 15 is 0 Å². The summed E-state index contributed by atoms with van der Waals surface area (Å²) >= 11 is 0. The van der Waals surface area contributed by atoms with Gasteiger partial charge in [0.15, 0.2) is 6.10 Å². The Labute approximate surface area is 363 Å². The second-order valence-electron chi connectivity index (χ2n) is 15.1. The zero-order valence-corrected chi connectivity index (χ0v) is 37.2. The first-order chi connectivity index (χ1) is 29.3. The maximum absolute atomic E-state index is 12.7. The number of phosphoric ester groups is 1. The second-order valence-corrected chi connectivity index (χ2v) is 16.5. The molecule has 1 fully saturated rings. The molecule has 1 aliphatic carbocycles. The summed E-state index contributed by atoms with van der Waals surface area (Å²) in [6.45, 7) is 2.19. The number of aliphatic carboxylic acids is 1. The molecule has 8 atom stereocenters. The number of carbonyl (C=O) groups is 3. The van der Waals surface area contributed by atoms with E-state index < -0.39 is 76.0 Å². The first kappa shape index (κ1) is 55.6.